The van der Waals surface area contributed by atoms with Crippen molar-refractivity contribution in [3.63, 3.8) is 0 Å². The molecule has 0 fully saturated rings. The molecule has 0 saturated heterocycles. The summed E-state index contributed by atoms with van der Waals surface area (Å²) in [5.41, 5.74) is 4.73. The number of carbonyl (C=O) groups excluding carboxylic acids is 1. The molecule has 1 aromatic carbocycles. The smallest absolute Gasteiger partial charge is 0.279 e. The fourth-order valence-corrected chi connectivity index (χ4v) is 1.59. The van der Waals surface area contributed by atoms with Gasteiger partial charge in [0.1, 0.15) is 10.1 Å². The third kappa shape index (κ3) is 4.89. The van der Waals surface area contributed by atoms with Crippen molar-refractivity contribution in [2.75, 3.05) is 0 Å². The summed E-state index contributed by atoms with van der Waals surface area (Å²) in [6.07, 6.45) is -0.751. The van der Waals surface area contributed by atoms with Gasteiger partial charge in [-0.1, -0.05) is 35.4 Å². The molecule has 1 aromatic rings. The zero-order valence-electron chi connectivity index (χ0n) is 9.24. The van der Waals surface area contributed by atoms with Crippen LogP contribution in [0.2, 0.25) is 10.0 Å². The predicted octanol–water partition coefficient (Wildman–Crippen LogP) is 2.60. The van der Waals surface area contributed by atoms with Gasteiger partial charge in [0, 0.05) is 5.02 Å². The number of rotatable bonds is 3. The minimum absolute atomic E-state index is 0.153. The Balaban J connectivity index is 2.60. The van der Waals surface area contributed by atoms with E-state index in [-0.39, 0.29) is 4.32 Å². The molecule has 0 aliphatic carbocycles. The summed E-state index contributed by atoms with van der Waals surface area (Å²) in [4.78, 5) is 11.6. The van der Waals surface area contributed by atoms with E-state index >= 15 is 0 Å². The third-order valence-electron chi connectivity index (χ3n) is 1.86. The Kier molecular flexibility index (Phi) is 6.01. The Labute approximate surface area is 125 Å². The first-order chi connectivity index (χ1) is 8.40. The molecule has 0 spiro atoms. The number of hydrogen-bond donors (Lipinski definition) is 3. The summed E-state index contributed by atoms with van der Waals surface area (Å²) in [6, 6.07) is 4.74. The first kappa shape index (κ1) is 15.4. The fourth-order valence-electron chi connectivity index (χ4n) is 1.03. The van der Waals surface area contributed by atoms with Gasteiger partial charge in [-0.05, 0) is 25.1 Å². The molecule has 1 amide bonds. The van der Waals surface area contributed by atoms with Crippen molar-refractivity contribution in [3.05, 3.63) is 28.2 Å². The molecule has 0 aromatic heterocycles. The maximum Gasteiger partial charge on any atom is 0.279 e. The van der Waals surface area contributed by atoms with E-state index in [0.717, 1.165) is 0 Å². The minimum Gasteiger partial charge on any atom is -0.479 e. The highest BCUT2D eigenvalue weighted by Gasteiger charge is 2.16. The number of hydrogen-bond acceptors (Lipinski definition) is 3. The van der Waals surface area contributed by atoms with Crippen molar-refractivity contribution in [1.29, 1.82) is 0 Å². The highest BCUT2D eigenvalue weighted by atomic mass is 35.5. The van der Waals surface area contributed by atoms with Crippen LogP contribution in [-0.4, -0.2) is 16.3 Å². The first-order valence-electron chi connectivity index (χ1n) is 4.80. The van der Waals surface area contributed by atoms with Crippen LogP contribution < -0.4 is 15.6 Å². The van der Waals surface area contributed by atoms with Gasteiger partial charge in [0.05, 0.1) is 5.02 Å². The number of ether oxygens (including phenoxy) is 1. The standard InChI is InChI=1S/C10H10Cl2N2O2S2/c1-5(9(15)13-14-10(17)18)16-8-3-2-6(11)4-7(8)12/h2-5H,1H3,(H,13,15)(H2,14,17,18). The SMILES string of the molecule is CC(Oc1ccc(Cl)cc1Cl)C(=O)NNC(=S)S. The highest BCUT2D eigenvalue weighted by Crippen LogP contribution is 2.28. The van der Waals surface area contributed by atoms with Gasteiger partial charge in [0.25, 0.3) is 5.91 Å². The normalized spacial score (nSPS) is 11.6. The summed E-state index contributed by atoms with van der Waals surface area (Å²) in [6.45, 7) is 1.57. The van der Waals surface area contributed by atoms with Gasteiger partial charge in [-0.2, -0.15) is 0 Å². The number of hydrazine groups is 1. The second kappa shape index (κ2) is 7.04. The lowest BCUT2D eigenvalue weighted by molar-refractivity contribution is -0.127. The number of amides is 1. The van der Waals surface area contributed by atoms with E-state index in [4.69, 9.17) is 27.9 Å². The molecule has 1 rings (SSSR count). The first-order valence-corrected chi connectivity index (χ1v) is 6.42. The minimum atomic E-state index is -0.751. The monoisotopic (exact) mass is 324 g/mol. The van der Waals surface area contributed by atoms with Gasteiger partial charge >= 0.3 is 0 Å². The van der Waals surface area contributed by atoms with Crippen LogP contribution in [0, 0.1) is 0 Å². The van der Waals surface area contributed by atoms with Gasteiger partial charge in [0.15, 0.2) is 6.10 Å². The predicted molar refractivity (Wildman–Crippen MR) is 79.4 cm³/mol. The fraction of sp³-hybridized carbons (Fsp3) is 0.200. The zero-order chi connectivity index (χ0) is 13.7. The second-order valence-electron chi connectivity index (χ2n) is 3.25. The lowest BCUT2D eigenvalue weighted by Gasteiger charge is -2.15. The number of thiocarbonyl (C=S) groups is 1. The maximum atomic E-state index is 11.6. The summed E-state index contributed by atoms with van der Waals surface area (Å²) in [5.74, 6) is -0.0328. The molecule has 98 valence electrons. The number of benzene rings is 1. The molecule has 1 unspecified atom stereocenters. The molecule has 0 radical (unpaired) electrons. The molecule has 0 aliphatic rings. The van der Waals surface area contributed by atoms with E-state index in [1.165, 1.54) is 6.07 Å². The second-order valence-corrected chi connectivity index (χ2v) is 5.26. The van der Waals surface area contributed by atoms with Gasteiger partial charge in [0.2, 0.25) is 0 Å². The maximum absolute atomic E-state index is 11.6. The molecule has 0 saturated carbocycles. The van der Waals surface area contributed by atoms with Crippen LogP contribution in [0.15, 0.2) is 18.2 Å². The van der Waals surface area contributed by atoms with Gasteiger partial charge < -0.3 is 4.74 Å². The molecule has 0 aliphatic heterocycles. The summed E-state index contributed by atoms with van der Waals surface area (Å²) < 4.78 is 5.54. The summed E-state index contributed by atoms with van der Waals surface area (Å²) in [7, 11) is 0. The van der Waals surface area contributed by atoms with E-state index in [2.05, 4.69) is 35.7 Å². The van der Waals surface area contributed by atoms with Crippen LogP contribution in [0.5, 0.6) is 5.75 Å². The van der Waals surface area contributed by atoms with Crippen molar-refractivity contribution in [2.45, 2.75) is 13.0 Å². The van der Waals surface area contributed by atoms with E-state index < -0.39 is 12.0 Å². The van der Waals surface area contributed by atoms with Crippen molar-refractivity contribution in [1.82, 2.24) is 10.9 Å². The Morgan fingerprint density at radius 3 is 2.67 bits per heavy atom. The molecule has 18 heavy (non-hydrogen) atoms. The number of nitrogens with one attached hydrogen (secondary N) is 2. The molecular weight excluding hydrogens is 315 g/mol. The Hall–Kier alpha value is -0.690. The number of carbonyl (C=O) groups is 1. The van der Waals surface area contributed by atoms with Gasteiger partial charge in [-0.25, -0.2) is 0 Å². The topological polar surface area (TPSA) is 50.4 Å². The van der Waals surface area contributed by atoms with Crippen molar-refractivity contribution in [3.8, 4) is 5.75 Å². The molecule has 4 nitrogen and oxygen atoms in total. The van der Waals surface area contributed by atoms with Crippen LogP contribution in [0.1, 0.15) is 6.92 Å². The number of thiol groups is 1. The summed E-state index contributed by atoms with van der Waals surface area (Å²) in [5, 5.41) is 0.825. The Bertz CT molecular complexity index is 471. The number of halogens is 2. The van der Waals surface area contributed by atoms with Crippen LogP contribution >= 0.6 is 48.0 Å². The lowest BCUT2D eigenvalue weighted by atomic mass is 10.3. The highest BCUT2D eigenvalue weighted by molar-refractivity contribution is 8.11. The Morgan fingerprint density at radius 1 is 1.44 bits per heavy atom. The zero-order valence-corrected chi connectivity index (χ0v) is 12.5. The lowest BCUT2D eigenvalue weighted by Crippen LogP contribution is -2.45. The summed E-state index contributed by atoms with van der Waals surface area (Å²) >= 11 is 20.1. The molecule has 2 N–H and O–H groups in total. The van der Waals surface area contributed by atoms with E-state index in [9.17, 15) is 4.79 Å². The van der Waals surface area contributed by atoms with Crippen molar-refractivity contribution >= 4 is 58.3 Å². The van der Waals surface area contributed by atoms with Crippen LogP contribution in [-0.2, 0) is 4.79 Å². The third-order valence-corrected chi connectivity index (χ3v) is 2.60. The average molecular weight is 325 g/mol. The van der Waals surface area contributed by atoms with Gasteiger partial charge in [-0.15, -0.1) is 12.6 Å². The van der Waals surface area contributed by atoms with Gasteiger partial charge in [-0.3, -0.25) is 15.6 Å². The molecule has 0 bridgehead atoms. The van der Waals surface area contributed by atoms with Crippen molar-refractivity contribution in [2.24, 2.45) is 0 Å². The Morgan fingerprint density at radius 2 is 2.11 bits per heavy atom. The van der Waals surface area contributed by atoms with Crippen LogP contribution in [0.3, 0.4) is 0 Å². The average Bonchev–Trinajstić information content (AvgIpc) is 2.29. The molecular formula is C10H10Cl2N2O2S2. The van der Waals surface area contributed by atoms with Crippen molar-refractivity contribution < 1.29 is 9.53 Å². The van der Waals surface area contributed by atoms with E-state index in [1.807, 2.05) is 0 Å². The molecule has 0 heterocycles. The van der Waals surface area contributed by atoms with Crippen LogP contribution in [0.25, 0.3) is 0 Å². The molecule has 1 atom stereocenters. The molecule has 8 heteroatoms. The largest absolute Gasteiger partial charge is 0.479 e. The van der Waals surface area contributed by atoms with E-state index in [0.29, 0.717) is 15.8 Å². The quantitative estimate of drug-likeness (QED) is 0.454. The van der Waals surface area contributed by atoms with Crippen LogP contribution in [0.4, 0.5) is 0 Å². The van der Waals surface area contributed by atoms with E-state index in [1.54, 1.807) is 19.1 Å².